The Kier molecular flexibility index (Phi) is 2.91. The molecule has 1 N–H and O–H groups in total. The first-order valence-corrected chi connectivity index (χ1v) is 6.56. The zero-order chi connectivity index (χ0) is 12.5. The third-order valence-electron chi connectivity index (χ3n) is 3.35. The van der Waals surface area contributed by atoms with E-state index in [-0.39, 0.29) is 5.92 Å². The monoisotopic (exact) mass is 261 g/mol. The smallest absolute Gasteiger partial charge is 0.195 e. The van der Waals surface area contributed by atoms with Crippen LogP contribution in [0.3, 0.4) is 0 Å². The number of hydrogen-bond acceptors (Lipinski definition) is 3. The van der Waals surface area contributed by atoms with Crippen LogP contribution in [0.2, 0.25) is 0 Å². The number of benzene rings is 1. The van der Waals surface area contributed by atoms with E-state index in [9.17, 15) is 0 Å². The zero-order valence-electron chi connectivity index (χ0n) is 10.2. The summed E-state index contributed by atoms with van der Waals surface area (Å²) in [6.45, 7) is 3.58. The van der Waals surface area contributed by atoms with Gasteiger partial charge in [0.05, 0.1) is 12.5 Å². The Hall–Kier alpha value is -1.62. The summed E-state index contributed by atoms with van der Waals surface area (Å²) in [4.78, 5) is 0. The molecule has 1 atom stereocenters. The van der Waals surface area contributed by atoms with Crippen LogP contribution in [0.4, 0.5) is 0 Å². The predicted octanol–water partition coefficient (Wildman–Crippen LogP) is 2.68. The highest BCUT2D eigenvalue weighted by Crippen LogP contribution is 2.31. The van der Waals surface area contributed by atoms with Crippen molar-refractivity contribution in [3.63, 3.8) is 0 Å². The molecule has 0 amide bonds. The van der Waals surface area contributed by atoms with E-state index in [0.29, 0.717) is 11.4 Å². The summed E-state index contributed by atoms with van der Waals surface area (Å²) in [6, 6.07) is 8.17. The molecule has 0 fully saturated rings. The maximum atomic E-state index is 5.80. The largest absolute Gasteiger partial charge is 0.493 e. The van der Waals surface area contributed by atoms with Crippen molar-refractivity contribution in [1.82, 2.24) is 14.8 Å². The van der Waals surface area contributed by atoms with E-state index in [0.717, 1.165) is 24.5 Å². The van der Waals surface area contributed by atoms with E-state index in [1.54, 1.807) is 0 Å². The van der Waals surface area contributed by atoms with Crippen molar-refractivity contribution in [3.8, 4) is 5.75 Å². The molecule has 3 rings (SSSR count). The van der Waals surface area contributed by atoms with E-state index in [4.69, 9.17) is 17.0 Å². The molecule has 18 heavy (non-hydrogen) atoms. The summed E-state index contributed by atoms with van der Waals surface area (Å²) in [6.07, 6.45) is 0.954. The Morgan fingerprint density at radius 1 is 1.50 bits per heavy atom. The highest BCUT2D eigenvalue weighted by Gasteiger charge is 2.25. The molecule has 0 saturated heterocycles. The number of hydrogen-bond donors (Lipinski definition) is 1. The predicted molar refractivity (Wildman–Crippen MR) is 71.5 cm³/mol. The van der Waals surface area contributed by atoms with Crippen LogP contribution in [-0.4, -0.2) is 21.4 Å². The molecular weight excluding hydrogens is 246 g/mol. The fourth-order valence-corrected chi connectivity index (χ4v) is 2.71. The average Bonchev–Trinajstić information content (AvgIpc) is 2.79. The van der Waals surface area contributed by atoms with Gasteiger partial charge in [0.25, 0.3) is 0 Å². The summed E-state index contributed by atoms with van der Waals surface area (Å²) in [7, 11) is 0. The first-order valence-electron chi connectivity index (χ1n) is 6.15. The molecule has 5 heteroatoms. The van der Waals surface area contributed by atoms with Crippen LogP contribution in [0.5, 0.6) is 5.75 Å². The number of nitrogens with one attached hydrogen (secondary N) is 1. The standard InChI is InChI=1S/C13H15N3OS/c1-2-16-12(14-15-13(16)18)10-7-9-5-3-4-6-11(9)17-8-10/h3-6,10H,2,7-8H2,1H3,(H,15,18). The second-order valence-corrected chi connectivity index (χ2v) is 4.84. The summed E-state index contributed by atoms with van der Waals surface area (Å²) in [5.74, 6) is 2.26. The summed E-state index contributed by atoms with van der Waals surface area (Å²) < 4.78 is 8.52. The fraction of sp³-hybridized carbons (Fsp3) is 0.385. The Balaban J connectivity index is 1.94. The van der Waals surface area contributed by atoms with E-state index in [2.05, 4.69) is 23.2 Å². The van der Waals surface area contributed by atoms with Crippen LogP contribution in [0, 0.1) is 4.77 Å². The lowest BCUT2D eigenvalue weighted by Crippen LogP contribution is -2.22. The first kappa shape index (κ1) is 11.5. The van der Waals surface area contributed by atoms with Crippen LogP contribution < -0.4 is 4.74 Å². The third-order valence-corrected chi connectivity index (χ3v) is 3.66. The molecule has 1 unspecified atom stereocenters. The van der Waals surface area contributed by atoms with Crippen LogP contribution in [0.1, 0.15) is 24.2 Å². The van der Waals surface area contributed by atoms with Gasteiger partial charge in [0.1, 0.15) is 11.6 Å². The Morgan fingerprint density at radius 3 is 3.17 bits per heavy atom. The molecule has 94 valence electrons. The molecule has 1 aromatic heterocycles. The Labute approximate surface area is 111 Å². The van der Waals surface area contributed by atoms with Gasteiger partial charge in [-0.25, -0.2) is 0 Å². The minimum Gasteiger partial charge on any atom is -0.493 e. The van der Waals surface area contributed by atoms with E-state index in [1.165, 1.54) is 5.56 Å². The molecule has 1 aromatic carbocycles. The van der Waals surface area contributed by atoms with Crippen molar-refractivity contribution in [2.75, 3.05) is 6.61 Å². The van der Waals surface area contributed by atoms with Gasteiger partial charge < -0.3 is 9.30 Å². The number of rotatable bonds is 2. The summed E-state index contributed by atoms with van der Waals surface area (Å²) >= 11 is 5.22. The minimum absolute atomic E-state index is 0.271. The van der Waals surface area contributed by atoms with E-state index in [1.807, 2.05) is 22.8 Å². The number of para-hydroxylation sites is 1. The van der Waals surface area contributed by atoms with Crippen molar-refractivity contribution in [3.05, 3.63) is 40.4 Å². The zero-order valence-corrected chi connectivity index (χ0v) is 11.0. The molecule has 0 radical (unpaired) electrons. The highest BCUT2D eigenvalue weighted by molar-refractivity contribution is 7.71. The maximum absolute atomic E-state index is 5.80. The van der Waals surface area contributed by atoms with E-state index >= 15 is 0 Å². The molecule has 1 aliphatic heterocycles. The van der Waals surface area contributed by atoms with Crippen LogP contribution >= 0.6 is 12.2 Å². The molecule has 4 nitrogen and oxygen atoms in total. The van der Waals surface area contributed by atoms with E-state index < -0.39 is 0 Å². The van der Waals surface area contributed by atoms with Crippen molar-refractivity contribution in [1.29, 1.82) is 0 Å². The molecule has 2 aromatic rings. The second kappa shape index (κ2) is 4.57. The van der Waals surface area contributed by atoms with Crippen molar-refractivity contribution in [2.24, 2.45) is 0 Å². The summed E-state index contributed by atoms with van der Waals surface area (Å²) in [5, 5.41) is 7.22. The van der Waals surface area contributed by atoms with Gasteiger partial charge in [0, 0.05) is 6.54 Å². The van der Waals surface area contributed by atoms with Crippen LogP contribution in [-0.2, 0) is 13.0 Å². The number of aromatic amines is 1. The Bertz CT molecular complexity index is 617. The van der Waals surface area contributed by atoms with Gasteiger partial charge in [0.15, 0.2) is 4.77 Å². The van der Waals surface area contributed by atoms with Gasteiger partial charge in [-0.3, -0.25) is 5.10 Å². The number of nitrogens with zero attached hydrogens (tertiary/aromatic N) is 2. The lowest BCUT2D eigenvalue weighted by atomic mass is 9.96. The van der Waals surface area contributed by atoms with Gasteiger partial charge >= 0.3 is 0 Å². The molecule has 0 saturated carbocycles. The number of H-pyrrole nitrogens is 1. The SMILES string of the molecule is CCn1c(C2COc3ccccc3C2)n[nH]c1=S. The minimum atomic E-state index is 0.271. The maximum Gasteiger partial charge on any atom is 0.195 e. The fourth-order valence-electron chi connectivity index (χ4n) is 2.44. The van der Waals surface area contributed by atoms with Crippen LogP contribution in [0.15, 0.2) is 24.3 Å². The van der Waals surface area contributed by atoms with Crippen molar-refractivity contribution < 1.29 is 4.74 Å². The lowest BCUT2D eigenvalue weighted by Gasteiger charge is -2.24. The lowest BCUT2D eigenvalue weighted by molar-refractivity contribution is 0.254. The van der Waals surface area contributed by atoms with Gasteiger partial charge in [-0.05, 0) is 37.2 Å². The topological polar surface area (TPSA) is 42.8 Å². The van der Waals surface area contributed by atoms with Gasteiger partial charge in [-0.15, -0.1) is 0 Å². The first-order chi connectivity index (χ1) is 8.79. The molecule has 0 spiro atoms. The molecule has 1 aliphatic rings. The van der Waals surface area contributed by atoms with Crippen molar-refractivity contribution >= 4 is 12.2 Å². The third kappa shape index (κ3) is 1.84. The van der Waals surface area contributed by atoms with Crippen LogP contribution in [0.25, 0.3) is 0 Å². The molecular formula is C13H15N3OS. The number of ether oxygens (including phenoxy) is 1. The molecule has 0 aliphatic carbocycles. The number of aromatic nitrogens is 3. The molecule has 0 bridgehead atoms. The highest BCUT2D eigenvalue weighted by atomic mass is 32.1. The average molecular weight is 261 g/mol. The number of fused-ring (bicyclic) bond motifs is 1. The molecule has 2 heterocycles. The quantitative estimate of drug-likeness (QED) is 0.845. The van der Waals surface area contributed by atoms with Gasteiger partial charge in [-0.2, -0.15) is 5.10 Å². The second-order valence-electron chi connectivity index (χ2n) is 4.45. The van der Waals surface area contributed by atoms with Crippen molar-refractivity contribution in [2.45, 2.75) is 25.8 Å². The Morgan fingerprint density at radius 2 is 2.33 bits per heavy atom. The normalized spacial score (nSPS) is 18.2. The summed E-state index contributed by atoms with van der Waals surface area (Å²) in [5.41, 5.74) is 1.24. The van der Waals surface area contributed by atoms with Gasteiger partial charge in [0.2, 0.25) is 0 Å². The van der Waals surface area contributed by atoms with Gasteiger partial charge in [-0.1, -0.05) is 18.2 Å².